The standard InChI is InChI=1S/C29H24O2/c1-28(2,3)22-14-10-15-23-27(22)31-26-18-9-6-13-21(26)29(23)19-11-4-7-16-24(19)30-25-17-8-5-12-20(25)29/h4-18H,1-3H3. The molecule has 0 N–H and O–H groups in total. The number of rotatable bonds is 0. The van der Waals surface area contributed by atoms with Crippen LogP contribution in [0.2, 0.25) is 0 Å². The molecule has 0 fully saturated rings. The molecule has 0 atom stereocenters. The van der Waals surface area contributed by atoms with Crippen molar-refractivity contribution >= 4 is 0 Å². The van der Waals surface area contributed by atoms with E-state index in [0.29, 0.717) is 0 Å². The third kappa shape index (κ3) is 2.39. The average molecular weight is 405 g/mol. The lowest BCUT2D eigenvalue weighted by Crippen LogP contribution is -2.37. The highest BCUT2D eigenvalue weighted by atomic mass is 16.5. The minimum absolute atomic E-state index is 0.0526. The van der Waals surface area contributed by atoms with Crippen molar-refractivity contribution in [3.63, 3.8) is 0 Å². The van der Waals surface area contributed by atoms with E-state index in [1.54, 1.807) is 0 Å². The van der Waals surface area contributed by atoms with Gasteiger partial charge in [-0.15, -0.1) is 0 Å². The second-order valence-electron chi connectivity index (χ2n) is 9.37. The molecule has 6 rings (SSSR count). The average Bonchev–Trinajstić information content (AvgIpc) is 2.78. The predicted molar refractivity (Wildman–Crippen MR) is 124 cm³/mol. The summed E-state index contributed by atoms with van der Waals surface area (Å²) >= 11 is 0. The van der Waals surface area contributed by atoms with Gasteiger partial charge in [-0.3, -0.25) is 0 Å². The SMILES string of the molecule is CC(C)(C)c1cccc2c1Oc1ccccc1C21c2ccccc2Oc2ccccc21. The molecule has 0 bridgehead atoms. The minimum Gasteiger partial charge on any atom is -0.457 e. The molecule has 0 radical (unpaired) electrons. The molecule has 2 aliphatic rings. The summed E-state index contributed by atoms with van der Waals surface area (Å²) < 4.78 is 13.0. The zero-order chi connectivity index (χ0) is 21.2. The van der Waals surface area contributed by atoms with Gasteiger partial charge in [-0.25, -0.2) is 0 Å². The van der Waals surface area contributed by atoms with Crippen molar-refractivity contribution in [2.45, 2.75) is 31.6 Å². The van der Waals surface area contributed by atoms with Gasteiger partial charge in [-0.2, -0.15) is 0 Å². The fourth-order valence-corrected chi connectivity index (χ4v) is 5.23. The molecule has 2 heterocycles. The topological polar surface area (TPSA) is 18.5 Å². The van der Waals surface area contributed by atoms with Gasteiger partial charge < -0.3 is 9.47 Å². The first-order valence-corrected chi connectivity index (χ1v) is 10.8. The summed E-state index contributed by atoms with van der Waals surface area (Å²) in [7, 11) is 0. The number of hydrogen-bond acceptors (Lipinski definition) is 2. The summed E-state index contributed by atoms with van der Waals surface area (Å²) in [6.07, 6.45) is 0. The van der Waals surface area contributed by atoms with Crippen molar-refractivity contribution in [1.82, 2.24) is 0 Å². The van der Waals surface area contributed by atoms with Crippen LogP contribution in [0.3, 0.4) is 0 Å². The van der Waals surface area contributed by atoms with Crippen LogP contribution < -0.4 is 9.47 Å². The molecule has 0 saturated heterocycles. The highest BCUT2D eigenvalue weighted by molar-refractivity contribution is 5.76. The molecule has 0 amide bonds. The summed E-state index contributed by atoms with van der Waals surface area (Å²) in [6.45, 7) is 6.72. The third-order valence-corrected chi connectivity index (χ3v) is 6.53. The Morgan fingerprint density at radius 3 is 1.48 bits per heavy atom. The maximum Gasteiger partial charge on any atom is 0.135 e. The van der Waals surface area contributed by atoms with Gasteiger partial charge in [0.25, 0.3) is 0 Å². The van der Waals surface area contributed by atoms with Crippen molar-refractivity contribution in [3.05, 3.63) is 119 Å². The Hall–Kier alpha value is -3.52. The van der Waals surface area contributed by atoms with Crippen LogP contribution in [0.5, 0.6) is 23.0 Å². The van der Waals surface area contributed by atoms with Crippen LogP contribution in [0.1, 0.15) is 48.6 Å². The number of ether oxygens (including phenoxy) is 2. The monoisotopic (exact) mass is 404 g/mol. The van der Waals surface area contributed by atoms with Crippen molar-refractivity contribution in [3.8, 4) is 23.0 Å². The Labute approximate surface area is 183 Å². The van der Waals surface area contributed by atoms with E-state index >= 15 is 0 Å². The van der Waals surface area contributed by atoms with Crippen LogP contribution in [0, 0.1) is 0 Å². The Morgan fingerprint density at radius 2 is 0.968 bits per heavy atom. The Bertz CT molecular complexity index is 1260. The fourth-order valence-electron chi connectivity index (χ4n) is 5.23. The predicted octanol–water partition coefficient (Wildman–Crippen LogP) is 7.58. The van der Waals surface area contributed by atoms with Crippen molar-refractivity contribution < 1.29 is 9.47 Å². The molecule has 0 unspecified atom stereocenters. The van der Waals surface area contributed by atoms with E-state index in [-0.39, 0.29) is 5.41 Å². The lowest BCUT2D eigenvalue weighted by Gasteiger charge is -2.45. The van der Waals surface area contributed by atoms with Gasteiger partial charge in [0.05, 0.1) is 5.41 Å². The van der Waals surface area contributed by atoms with Crippen molar-refractivity contribution in [1.29, 1.82) is 0 Å². The minimum atomic E-state index is -0.503. The maximum absolute atomic E-state index is 6.65. The third-order valence-electron chi connectivity index (χ3n) is 6.53. The highest BCUT2D eigenvalue weighted by Crippen LogP contribution is 2.62. The molecule has 0 aliphatic carbocycles. The lowest BCUT2D eigenvalue weighted by atomic mass is 9.61. The second-order valence-corrected chi connectivity index (χ2v) is 9.37. The fraction of sp³-hybridized carbons (Fsp3) is 0.172. The number of hydrogen-bond donors (Lipinski definition) is 0. The van der Waals surface area contributed by atoms with Crippen LogP contribution in [0.25, 0.3) is 0 Å². The molecule has 1 spiro atoms. The van der Waals surface area contributed by atoms with E-state index in [1.807, 2.05) is 18.2 Å². The maximum atomic E-state index is 6.65. The number of para-hydroxylation sites is 4. The Kier molecular flexibility index (Phi) is 3.68. The van der Waals surface area contributed by atoms with Crippen LogP contribution >= 0.6 is 0 Å². The zero-order valence-electron chi connectivity index (χ0n) is 18.0. The molecule has 0 saturated carbocycles. The number of benzene rings is 4. The first-order valence-electron chi connectivity index (χ1n) is 10.8. The molecular weight excluding hydrogens is 380 g/mol. The normalized spacial score (nSPS) is 15.1. The molecule has 2 nitrogen and oxygen atoms in total. The van der Waals surface area contributed by atoms with Crippen LogP contribution in [-0.2, 0) is 10.8 Å². The van der Waals surface area contributed by atoms with Crippen molar-refractivity contribution in [2.75, 3.05) is 0 Å². The largest absolute Gasteiger partial charge is 0.457 e. The van der Waals surface area contributed by atoms with E-state index < -0.39 is 5.41 Å². The molecule has 4 aromatic rings. The van der Waals surface area contributed by atoms with Gasteiger partial charge in [-0.05, 0) is 23.6 Å². The van der Waals surface area contributed by atoms with E-state index in [2.05, 4.69) is 93.6 Å². The highest BCUT2D eigenvalue weighted by Gasteiger charge is 2.51. The van der Waals surface area contributed by atoms with Crippen LogP contribution in [-0.4, -0.2) is 0 Å². The Balaban J connectivity index is 1.83. The lowest BCUT2D eigenvalue weighted by molar-refractivity contribution is 0.390. The van der Waals surface area contributed by atoms with Gasteiger partial charge in [0.15, 0.2) is 0 Å². The van der Waals surface area contributed by atoms with Gasteiger partial charge >= 0.3 is 0 Å². The number of fused-ring (bicyclic) bond motifs is 8. The van der Waals surface area contributed by atoms with Gasteiger partial charge in [0.1, 0.15) is 23.0 Å². The van der Waals surface area contributed by atoms with E-state index in [0.717, 1.165) is 39.7 Å². The first kappa shape index (κ1) is 18.3. The molecule has 0 aromatic heterocycles. The summed E-state index contributed by atoms with van der Waals surface area (Å²) in [5, 5.41) is 0. The molecule has 4 aromatic carbocycles. The van der Waals surface area contributed by atoms with Crippen LogP contribution in [0.4, 0.5) is 0 Å². The molecule has 2 aliphatic heterocycles. The molecule has 2 heteroatoms. The van der Waals surface area contributed by atoms with Gasteiger partial charge in [0.2, 0.25) is 0 Å². The molecular formula is C29H24O2. The van der Waals surface area contributed by atoms with Crippen molar-refractivity contribution in [2.24, 2.45) is 0 Å². The first-order chi connectivity index (χ1) is 15.0. The van der Waals surface area contributed by atoms with Crippen LogP contribution in [0.15, 0.2) is 91.0 Å². The molecule has 152 valence electrons. The smallest absolute Gasteiger partial charge is 0.135 e. The van der Waals surface area contributed by atoms with Gasteiger partial charge in [0, 0.05) is 27.8 Å². The second kappa shape index (κ2) is 6.24. The van der Waals surface area contributed by atoms with E-state index in [1.165, 1.54) is 11.1 Å². The summed E-state index contributed by atoms with van der Waals surface area (Å²) in [6, 6.07) is 31.8. The summed E-state index contributed by atoms with van der Waals surface area (Å²) in [4.78, 5) is 0. The van der Waals surface area contributed by atoms with E-state index in [4.69, 9.17) is 9.47 Å². The molecule has 31 heavy (non-hydrogen) atoms. The summed E-state index contributed by atoms with van der Waals surface area (Å²) in [5.41, 5.74) is 5.27. The quantitative estimate of drug-likeness (QED) is 0.260. The van der Waals surface area contributed by atoms with E-state index in [9.17, 15) is 0 Å². The van der Waals surface area contributed by atoms with Gasteiger partial charge in [-0.1, -0.05) is 93.6 Å². The summed E-state index contributed by atoms with van der Waals surface area (Å²) in [5.74, 6) is 3.65. The zero-order valence-corrected chi connectivity index (χ0v) is 18.0. The Morgan fingerprint density at radius 1 is 0.516 bits per heavy atom.